The van der Waals surface area contributed by atoms with Gasteiger partial charge in [-0.15, -0.1) is 0 Å². The van der Waals surface area contributed by atoms with Gasteiger partial charge in [-0.2, -0.15) is 0 Å². The summed E-state index contributed by atoms with van der Waals surface area (Å²) < 4.78 is 1.76. The highest BCUT2D eigenvalue weighted by Crippen LogP contribution is 2.30. The van der Waals surface area contributed by atoms with Crippen LogP contribution < -0.4 is 5.73 Å². The molecule has 1 aromatic rings. The first-order valence-corrected chi connectivity index (χ1v) is 9.13. The standard InChI is InChI=1S/C16H22Br2N2O/c1-2-20(15-6-4-3-5-11(15)10-19)16(21)13-9-12(17)7-8-14(13)18/h7-9,11,15H,2-6,10,19H2,1H3. The van der Waals surface area contributed by atoms with Crippen LogP contribution in [-0.4, -0.2) is 29.9 Å². The maximum absolute atomic E-state index is 12.9. The molecule has 1 aromatic carbocycles. The number of carbonyl (C=O) groups is 1. The summed E-state index contributed by atoms with van der Waals surface area (Å²) in [6.07, 6.45) is 4.60. The SMILES string of the molecule is CCN(C(=O)c1cc(Br)ccc1Br)C1CCCCC1CN. The fraction of sp³-hybridized carbons (Fsp3) is 0.562. The zero-order valence-electron chi connectivity index (χ0n) is 12.3. The number of rotatable bonds is 4. The Labute approximate surface area is 143 Å². The molecule has 0 spiro atoms. The molecule has 1 fully saturated rings. The lowest BCUT2D eigenvalue weighted by Crippen LogP contribution is -2.48. The van der Waals surface area contributed by atoms with Gasteiger partial charge >= 0.3 is 0 Å². The van der Waals surface area contributed by atoms with E-state index in [-0.39, 0.29) is 11.9 Å². The maximum Gasteiger partial charge on any atom is 0.255 e. The molecule has 1 amide bonds. The highest BCUT2D eigenvalue weighted by atomic mass is 79.9. The summed E-state index contributed by atoms with van der Waals surface area (Å²) in [5.41, 5.74) is 6.64. The second-order valence-corrected chi connectivity index (χ2v) is 7.33. The normalized spacial score (nSPS) is 22.1. The Morgan fingerprint density at radius 2 is 2.05 bits per heavy atom. The highest BCUT2D eigenvalue weighted by molar-refractivity contribution is 9.11. The van der Waals surface area contributed by atoms with Crippen molar-refractivity contribution < 1.29 is 4.79 Å². The van der Waals surface area contributed by atoms with Gasteiger partial charge in [-0.25, -0.2) is 0 Å². The Balaban J connectivity index is 2.27. The third kappa shape index (κ3) is 3.88. The largest absolute Gasteiger partial charge is 0.336 e. The molecule has 1 aliphatic carbocycles. The van der Waals surface area contributed by atoms with Gasteiger partial charge < -0.3 is 10.6 Å². The van der Waals surface area contributed by atoms with Gasteiger partial charge in [-0.05, 0) is 66.4 Å². The Morgan fingerprint density at radius 3 is 2.71 bits per heavy atom. The Bertz CT molecular complexity index is 507. The van der Waals surface area contributed by atoms with Gasteiger partial charge in [0.15, 0.2) is 0 Å². The third-order valence-electron chi connectivity index (χ3n) is 4.33. The van der Waals surface area contributed by atoms with Gasteiger partial charge in [0.1, 0.15) is 0 Å². The monoisotopic (exact) mass is 416 g/mol. The fourth-order valence-corrected chi connectivity index (χ4v) is 4.00. The van der Waals surface area contributed by atoms with Gasteiger partial charge in [0.05, 0.1) is 5.56 Å². The summed E-state index contributed by atoms with van der Waals surface area (Å²) >= 11 is 6.94. The summed E-state index contributed by atoms with van der Waals surface area (Å²) in [6.45, 7) is 3.43. The molecule has 5 heteroatoms. The van der Waals surface area contributed by atoms with Gasteiger partial charge in [-0.3, -0.25) is 4.79 Å². The summed E-state index contributed by atoms with van der Waals surface area (Å²) in [5.74, 6) is 0.518. The second kappa shape index (κ2) is 7.75. The van der Waals surface area contributed by atoms with E-state index in [1.54, 1.807) is 0 Å². The van der Waals surface area contributed by atoms with E-state index in [0.29, 0.717) is 18.0 Å². The van der Waals surface area contributed by atoms with Crippen molar-refractivity contribution >= 4 is 37.8 Å². The molecule has 2 N–H and O–H groups in total. The summed E-state index contributed by atoms with van der Waals surface area (Å²) in [7, 11) is 0. The van der Waals surface area contributed by atoms with Crippen LogP contribution in [0.4, 0.5) is 0 Å². The van der Waals surface area contributed by atoms with Crippen LogP contribution in [0.1, 0.15) is 43.0 Å². The van der Waals surface area contributed by atoms with Crippen LogP contribution in [0.5, 0.6) is 0 Å². The molecule has 21 heavy (non-hydrogen) atoms. The minimum absolute atomic E-state index is 0.0935. The van der Waals surface area contributed by atoms with Crippen LogP contribution in [0.15, 0.2) is 27.1 Å². The molecular formula is C16H22Br2N2O. The molecule has 2 rings (SSSR count). The molecule has 0 saturated heterocycles. The van der Waals surface area contributed by atoms with Gasteiger partial charge in [-0.1, -0.05) is 28.8 Å². The lowest BCUT2D eigenvalue weighted by atomic mass is 9.83. The molecule has 3 nitrogen and oxygen atoms in total. The van der Waals surface area contributed by atoms with Crippen molar-refractivity contribution in [3.63, 3.8) is 0 Å². The van der Waals surface area contributed by atoms with E-state index in [2.05, 4.69) is 31.9 Å². The topological polar surface area (TPSA) is 46.3 Å². The summed E-state index contributed by atoms with van der Waals surface area (Å²) in [6, 6.07) is 5.99. The quantitative estimate of drug-likeness (QED) is 0.798. The van der Waals surface area contributed by atoms with E-state index >= 15 is 0 Å². The van der Waals surface area contributed by atoms with Crippen LogP contribution in [0.3, 0.4) is 0 Å². The van der Waals surface area contributed by atoms with Crippen LogP contribution in [0.2, 0.25) is 0 Å². The predicted octanol–water partition coefficient (Wildman–Crippen LogP) is 4.19. The van der Waals surface area contributed by atoms with E-state index in [9.17, 15) is 4.79 Å². The lowest BCUT2D eigenvalue weighted by molar-refractivity contribution is 0.0559. The summed E-state index contributed by atoms with van der Waals surface area (Å²) in [4.78, 5) is 14.9. The van der Waals surface area contributed by atoms with Crippen molar-refractivity contribution in [3.05, 3.63) is 32.7 Å². The minimum atomic E-state index is 0.0935. The zero-order valence-corrected chi connectivity index (χ0v) is 15.5. The third-order valence-corrected chi connectivity index (χ3v) is 5.52. The molecule has 2 atom stereocenters. The van der Waals surface area contributed by atoms with E-state index < -0.39 is 0 Å². The van der Waals surface area contributed by atoms with Crippen molar-refractivity contribution in [2.45, 2.75) is 38.6 Å². The number of benzene rings is 1. The molecule has 0 radical (unpaired) electrons. The Kier molecular flexibility index (Phi) is 6.26. The van der Waals surface area contributed by atoms with Gasteiger partial charge in [0, 0.05) is 21.5 Å². The van der Waals surface area contributed by atoms with Crippen molar-refractivity contribution in [2.75, 3.05) is 13.1 Å². The van der Waals surface area contributed by atoms with Crippen molar-refractivity contribution in [2.24, 2.45) is 11.7 Å². The smallest absolute Gasteiger partial charge is 0.255 e. The van der Waals surface area contributed by atoms with E-state index in [1.807, 2.05) is 30.0 Å². The number of hydrogen-bond donors (Lipinski definition) is 1. The molecule has 1 aliphatic rings. The van der Waals surface area contributed by atoms with E-state index in [0.717, 1.165) is 28.3 Å². The summed E-state index contributed by atoms with van der Waals surface area (Å²) in [5, 5.41) is 0. The van der Waals surface area contributed by atoms with E-state index in [1.165, 1.54) is 12.8 Å². The average Bonchev–Trinajstić information content (AvgIpc) is 2.50. The number of amides is 1. The molecule has 0 heterocycles. The zero-order chi connectivity index (χ0) is 15.4. The number of nitrogens with zero attached hydrogens (tertiary/aromatic N) is 1. The van der Waals surface area contributed by atoms with Crippen LogP contribution >= 0.6 is 31.9 Å². The lowest BCUT2D eigenvalue weighted by Gasteiger charge is -2.39. The van der Waals surface area contributed by atoms with Crippen molar-refractivity contribution in [1.29, 1.82) is 0 Å². The molecule has 0 aromatic heterocycles. The van der Waals surface area contributed by atoms with Gasteiger partial charge in [0.2, 0.25) is 0 Å². The minimum Gasteiger partial charge on any atom is -0.336 e. The molecule has 0 aliphatic heterocycles. The van der Waals surface area contributed by atoms with Crippen LogP contribution in [0, 0.1) is 5.92 Å². The van der Waals surface area contributed by atoms with E-state index in [4.69, 9.17) is 5.73 Å². The second-order valence-electron chi connectivity index (χ2n) is 5.56. The molecule has 2 unspecified atom stereocenters. The average molecular weight is 418 g/mol. The highest BCUT2D eigenvalue weighted by Gasteiger charge is 2.32. The maximum atomic E-state index is 12.9. The fourth-order valence-electron chi connectivity index (χ4n) is 3.22. The molecular weight excluding hydrogens is 396 g/mol. The Morgan fingerprint density at radius 1 is 1.33 bits per heavy atom. The first kappa shape index (κ1) is 17.0. The first-order valence-electron chi connectivity index (χ1n) is 7.54. The molecule has 1 saturated carbocycles. The predicted molar refractivity (Wildman–Crippen MR) is 93.4 cm³/mol. The number of nitrogens with two attached hydrogens (primary N) is 1. The molecule has 116 valence electrons. The van der Waals surface area contributed by atoms with Crippen molar-refractivity contribution in [1.82, 2.24) is 4.90 Å². The van der Waals surface area contributed by atoms with Crippen LogP contribution in [-0.2, 0) is 0 Å². The molecule has 0 bridgehead atoms. The first-order chi connectivity index (χ1) is 10.1. The van der Waals surface area contributed by atoms with Crippen molar-refractivity contribution in [3.8, 4) is 0 Å². The Hall–Kier alpha value is -0.390. The van der Waals surface area contributed by atoms with Crippen LogP contribution in [0.25, 0.3) is 0 Å². The number of halogens is 2. The van der Waals surface area contributed by atoms with Gasteiger partial charge in [0.25, 0.3) is 5.91 Å². The number of carbonyl (C=O) groups excluding carboxylic acids is 1. The number of hydrogen-bond acceptors (Lipinski definition) is 2.